The first-order valence-corrected chi connectivity index (χ1v) is 15.1. The SMILES string of the molecule is CN(C)[C@H]1CCN(C(=O)[C@H](Cc2ccccc2)N(Cc2ccc(-c3ccccn3)cc2)C(=O)C=Cc2ccc(C(F)(F)F)nc2)C1. The Morgan fingerprint density at radius 1 is 0.935 bits per heavy atom. The van der Waals surface area contributed by atoms with E-state index in [2.05, 4.69) is 14.9 Å². The average molecular weight is 628 g/mol. The Kier molecular flexibility index (Phi) is 10.3. The van der Waals surface area contributed by atoms with Gasteiger partial charge in [0.25, 0.3) is 0 Å². The number of amides is 2. The number of rotatable bonds is 10. The lowest BCUT2D eigenvalue weighted by atomic mass is 10.0. The fourth-order valence-electron chi connectivity index (χ4n) is 5.53. The summed E-state index contributed by atoms with van der Waals surface area (Å²) in [6, 6.07) is 24.5. The van der Waals surface area contributed by atoms with Crippen LogP contribution >= 0.6 is 0 Å². The molecule has 2 aromatic carbocycles. The molecular formula is C36H36F3N5O2. The van der Waals surface area contributed by atoms with Gasteiger partial charge in [-0.25, -0.2) is 0 Å². The van der Waals surface area contributed by atoms with Crippen molar-refractivity contribution in [2.24, 2.45) is 0 Å². The number of likely N-dealkylation sites (N-methyl/N-ethyl adjacent to an activating group) is 1. The van der Waals surface area contributed by atoms with Gasteiger partial charge in [-0.05, 0) is 61.5 Å². The molecule has 2 amide bonds. The number of carbonyl (C=O) groups is 2. The van der Waals surface area contributed by atoms with Crippen molar-refractivity contribution < 1.29 is 22.8 Å². The Morgan fingerprint density at radius 2 is 1.67 bits per heavy atom. The lowest BCUT2D eigenvalue weighted by Crippen LogP contribution is -2.51. The predicted molar refractivity (Wildman–Crippen MR) is 171 cm³/mol. The van der Waals surface area contributed by atoms with Crippen LogP contribution in [0.5, 0.6) is 0 Å². The Morgan fingerprint density at radius 3 is 2.28 bits per heavy atom. The van der Waals surface area contributed by atoms with E-state index in [0.29, 0.717) is 25.1 Å². The molecule has 0 spiro atoms. The smallest absolute Gasteiger partial charge is 0.339 e. The van der Waals surface area contributed by atoms with Crippen LogP contribution in [0.3, 0.4) is 0 Å². The summed E-state index contributed by atoms with van der Waals surface area (Å²) >= 11 is 0. The number of hydrogen-bond donors (Lipinski definition) is 0. The molecule has 2 aromatic heterocycles. The van der Waals surface area contributed by atoms with Crippen LogP contribution in [0.2, 0.25) is 0 Å². The minimum Gasteiger partial charge on any atom is -0.339 e. The molecule has 46 heavy (non-hydrogen) atoms. The highest BCUT2D eigenvalue weighted by Gasteiger charge is 2.36. The molecule has 10 heteroatoms. The van der Waals surface area contributed by atoms with Gasteiger partial charge in [-0.3, -0.25) is 19.6 Å². The van der Waals surface area contributed by atoms with E-state index >= 15 is 0 Å². The van der Waals surface area contributed by atoms with E-state index in [4.69, 9.17) is 0 Å². The van der Waals surface area contributed by atoms with Crippen LogP contribution in [-0.2, 0) is 28.7 Å². The van der Waals surface area contributed by atoms with Crippen molar-refractivity contribution in [2.75, 3.05) is 27.2 Å². The van der Waals surface area contributed by atoms with Crippen LogP contribution in [0.4, 0.5) is 13.2 Å². The summed E-state index contributed by atoms with van der Waals surface area (Å²) in [7, 11) is 3.98. The Balaban J connectivity index is 1.47. The van der Waals surface area contributed by atoms with Gasteiger partial charge in [0.2, 0.25) is 11.8 Å². The van der Waals surface area contributed by atoms with E-state index in [1.54, 1.807) is 11.1 Å². The van der Waals surface area contributed by atoms with Gasteiger partial charge < -0.3 is 14.7 Å². The van der Waals surface area contributed by atoms with Crippen molar-refractivity contribution in [1.29, 1.82) is 0 Å². The zero-order valence-corrected chi connectivity index (χ0v) is 25.8. The van der Waals surface area contributed by atoms with Gasteiger partial charge in [-0.2, -0.15) is 13.2 Å². The molecule has 1 saturated heterocycles. The molecule has 0 saturated carbocycles. The van der Waals surface area contributed by atoms with Crippen molar-refractivity contribution in [3.8, 4) is 11.3 Å². The van der Waals surface area contributed by atoms with Gasteiger partial charge in [-0.15, -0.1) is 0 Å². The van der Waals surface area contributed by atoms with Crippen molar-refractivity contribution >= 4 is 17.9 Å². The average Bonchev–Trinajstić information content (AvgIpc) is 3.57. The monoisotopic (exact) mass is 627 g/mol. The predicted octanol–water partition coefficient (Wildman–Crippen LogP) is 5.98. The maximum absolute atomic E-state index is 14.3. The lowest BCUT2D eigenvalue weighted by molar-refractivity contribution is -0.143. The molecule has 0 radical (unpaired) electrons. The molecule has 1 aliphatic rings. The van der Waals surface area contributed by atoms with Gasteiger partial charge in [0.05, 0.1) is 5.69 Å². The van der Waals surface area contributed by atoms with E-state index in [-0.39, 0.29) is 18.5 Å². The fourth-order valence-corrected chi connectivity index (χ4v) is 5.53. The number of alkyl halides is 3. The third kappa shape index (κ3) is 8.25. The topological polar surface area (TPSA) is 69.6 Å². The molecule has 238 valence electrons. The largest absolute Gasteiger partial charge is 0.433 e. The van der Waals surface area contributed by atoms with Crippen LogP contribution in [0.25, 0.3) is 17.3 Å². The Labute approximate surface area is 267 Å². The van der Waals surface area contributed by atoms with E-state index < -0.39 is 23.8 Å². The molecule has 2 atom stereocenters. The van der Waals surface area contributed by atoms with Crippen molar-refractivity contribution in [3.63, 3.8) is 0 Å². The fraction of sp³-hybridized carbons (Fsp3) is 0.278. The van der Waals surface area contributed by atoms with Crippen LogP contribution in [0, 0.1) is 0 Å². The second-order valence-corrected chi connectivity index (χ2v) is 11.6. The van der Waals surface area contributed by atoms with Gasteiger partial charge >= 0.3 is 6.18 Å². The highest BCUT2D eigenvalue weighted by Crippen LogP contribution is 2.27. The first kappa shape index (κ1) is 32.6. The van der Waals surface area contributed by atoms with E-state index in [0.717, 1.165) is 41.1 Å². The quantitative estimate of drug-likeness (QED) is 0.203. The highest BCUT2D eigenvalue weighted by atomic mass is 19.4. The third-order valence-electron chi connectivity index (χ3n) is 8.18. The maximum Gasteiger partial charge on any atom is 0.433 e. The number of pyridine rings is 2. The second-order valence-electron chi connectivity index (χ2n) is 11.6. The molecular weight excluding hydrogens is 591 g/mol. The molecule has 0 bridgehead atoms. The van der Waals surface area contributed by atoms with E-state index in [1.807, 2.05) is 91.8 Å². The summed E-state index contributed by atoms with van der Waals surface area (Å²) in [6.45, 7) is 1.29. The van der Waals surface area contributed by atoms with E-state index in [9.17, 15) is 22.8 Å². The van der Waals surface area contributed by atoms with Crippen LogP contribution < -0.4 is 0 Å². The Hall–Kier alpha value is -4.83. The maximum atomic E-state index is 14.3. The summed E-state index contributed by atoms with van der Waals surface area (Å²) in [4.78, 5) is 41.7. The molecule has 0 N–H and O–H groups in total. The molecule has 4 aromatic rings. The van der Waals surface area contributed by atoms with Gasteiger partial charge in [-0.1, -0.05) is 66.7 Å². The Bertz CT molecular complexity index is 1630. The number of nitrogens with zero attached hydrogens (tertiary/aromatic N) is 5. The van der Waals surface area contributed by atoms with Crippen LogP contribution in [0.1, 0.15) is 28.8 Å². The van der Waals surface area contributed by atoms with Crippen molar-refractivity contribution in [2.45, 2.75) is 37.6 Å². The van der Waals surface area contributed by atoms with Gasteiger partial charge in [0.1, 0.15) is 11.7 Å². The molecule has 5 rings (SSSR count). The van der Waals surface area contributed by atoms with Crippen molar-refractivity contribution in [1.82, 2.24) is 24.7 Å². The van der Waals surface area contributed by atoms with Crippen LogP contribution in [-0.4, -0.2) is 75.8 Å². The van der Waals surface area contributed by atoms with Crippen LogP contribution in [0.15, 0.2) is 103 Å². The molecule has 7 nitrogen and oxygen atoms in total. The lowest BCUT2D eigenvalue weighted by Gasteiger charge is -2.33. The summed E-state index contributed by atoms with van der Waals surface area (Å²) in [6.07, 6.45) is 2.09. The molecule has 1 fully saturated rings. The molecule has 1 aliphatic heterocycles. The number of hydrogen-bond acceptors (Lipinski definition) is 5. The minimum absolute atomic E-state index is 0.142. The molecule has 0 unspecified atom stereocenters. The summed E-state index contributed by atoms with van der Waals surface area (Å²) in [5.41, 5.74) is 2.78. The molecule has 0 aliphatic carbocycles. The first-order valence-electron chi connectivity index (χ1n) is 15.1. The zero-order chi connectivity index (χ0) is 32.7. The highest BCUT2D eigenvalue weighted by molar-refractivity contribution is 5.95. The van der Waals surface area contributed by atoms with Crippen molar-refractivity contribution in [3.05, 3.63) is 126 Å². The minimum atomic E-state index is -4.56. The summed E-state index contributed by atoms with van der Waals surface area (Å²) < 4.78 is 39.1. The van der Waals surface area contributed by atoms with Gasteiger partial charge in [0.15, 0.2) is 0 Å². The summed E-state index contributed by atoms with van der Waals surface area (Å²) in [5, 5.41) is 0. The first-order chi connectivity index (χ1) is 22.1. The normalized spacial score (nSPS) is 15.8. The number of halogens is 3. The number of likely N-dealkylation sites (tertiary alicyclic amines) is 1. The summed E-state index contributed by atoms with van der Waals surface area (Å²) in [5.74, 6) is -0.581. The van der Waals surface area contributed by atoms with Gasteiger partial charge in [0, 0.05) is 56.1 Å². The second kappa shape index (κ2) is 14.5. The number of benzene rings is 2. The molecule has 3 heterocycles. The third-order valence-corrected chi connectivity index (χ3v) is 8.18. The number of aromatic nitrogens is 2. The zero-order valence-electron chi connectivity index (χ0n) is 25.8. The number of carbonyl (C=O) groups excluding carboxylic acids is 2. The standard InChI is InChI=1S/C36H36F3N5O2/c1-42(2)30-19-21-43(25-30)35(46)32(22-26-8-4-3-5-9-26)44(24-28-11-15-29(16-12-28)31-10-6-7-20-40-31)34(45)18-14-27-13-17-33(41-23-27)36(37,38)39/h3-18,20,23,30,32H,19,21-22,24-25H2,1-2H3/t30-,32-/m0/s1. The van der Waals surface area contributed by atoms with E-state index in [1.165, 1.54) is 18.2 Å².